The zero-order chi connectivity index (χ0) is 20.2. The van der Waals surface area contributed by atoms with Crippen LogP contribution < -0.4 is 15.1 Å². The van der Waals surface area contributed by atoms with E-state index in [1.54, 1.807) is 12.4 Å². The molecule has 1 aliphatic heterocycles. The molecule has 29 heavy (non-hydrogen) atoms. The molecule has 4 rings (SSSR count). The van der Waals surface area contributed by atoms with Crippen molar-refractivity contribution in [2.75, 3.05) is 41.3 Å². The number of piperazine rings is 1. The number of para-hydroxylation sites is 1. The summed E-state index contributed by atoms with van der Waals surface area (Å²) in [7, 11) is 0. The van der Waals surface area contributed by atoms with Crippen molar-refractivity contribution < 1.29 is 4.79 Å². The summed E-state index contributed by atoms with van der Waals surface area (Å²) in [5.41, 5.74) is 4.55. The van der Waals surface area contributed by atoms with Crippen LogP contribution in [0.25, 0.3) is 0 Å². The summed E-state index contributed by atoms with van der Waals surface area (Å²) in [5.74, 6) is 0.559. The van der Waals surface area contributed by atoms with Crippen molar-refractivity contribution in [2.24, 2.45) is 0 Å². The fraction of sp³-hybridized carbons (Fsp3) is 0.261. The molecule has 6 nitrogen and oxygen atoms in total. The molecule has 0 spiro atoms. The minimum Gasteiger partial charge on any atom is -0.368 e. The van der Waals surface area contributed by atoms with Crippen LogP contribution in [0, 0.1) is 13.8 Å². The molecule has 1 fully saturated rings. The van der Waals surface area contributed by atoms with Gasteiger partial charge in [0.15, 0.2) is 0 Å². The van der Waals surface area contributed by atoms with Gasteiger partial charge in [0.05, 0.1) is 12.4 Å². The number of amides is 1. The molecule has 3 aromatic rings. The summed E-state index contributed by atoms with van der Waals surface area (Å²) < 4.78 is 0. The highest BCUT2D eigenvalue weighted by Crippen LogP contribution is 2.19. The number of anilines is 3. The molecule has 0 bridgehead atoms. The maximum absolute atomic E-state index is 12.5. The molecule has 1 aliphatic rings. The highest BCUT2D eigenvalue weighted by atomic mass is 16.1. The topological polar surface area (TPSA) is 61.4 Å². The lowest BCUT2D eigenvalue weighted by molar-refractivity contribution is 0.102. The Kier molecular flexibility index (Phi) is 5.42. The summed E-state index contributed by atoms with van der Waals surface area (Å²) in [4.78, 5) is 25.9. The number of hydrogen-bond acceptors (Lipinski definition) is 5. The lowest BCUT2D eigenvalue weighted by Gasteiger charge is -2.36. The number of rotatable bonds is 4. The Balaban J connectivity index is 1.37. The normalized spacial score (nSPS) is 14.0. The first kappa shape index (κ1) is 18.9. The Hall–Kier alpha value is -3.41. The van der Waals surface area contributed by atoms with E-state index in [2.05, 4.69) is 55.4 Å². The van der Waals surface area contributed by atoms with Gasteiger partial charge in [-0.3, -0.25) is 4.79 Å². The smallest absolute Gasteiger partial charge is 0.275 e. The molecule has 6 heteroatoms. The van der Waals surface area contributed by atoms with Gasteiger partial charge in [-0.05, 0) is 49.2 Å². The van der Waals surface area contributed by atoms with E-state index in [1.807, 2.05) is 32.0 Å². The van der Waals surface area contributed by atoms with Gasteiger partial charge in [-0.2, -0.15) is 0 Å². The van der Waals surface area contributed by atoms with Crippen molar-refractivity contribution in [3.8, 4) is 0 Å². The van der Waals surface area contributed by atoms with E-state index in [9.17, 15) is 4.79 Å². The first-order valence-corrected chi connectivity index (χ1v) is 9.85. The molecule has 0 atom stereocenters. The van der Waals surface area contributed by atoms with E-state index in [4.69, 9.17) is 0 Å². The molecule has 1 aromatic heterocycles. The standard InChI is InChI=1S/C23H25N5O/c1-17-12-18(2)14-19(13-17)26-23(29)21-15-25-22(16-24-21)28-10-8-27(9-11-28)20-6-4-3-5-7-20/h3-7,12-16H,8-11H2,1-2H3,(H,26,29). The minimum absolute atomic E-state index is 0.247. The third kappa shape index (κ3) is 4.54. The molecule has 1 amide bonds. The predicted octanol–water partition coefficient (Wildman–Crippen LogP) is 3.67. The van der Waals surface area contributed by atoms with Gasteiger partial charge in [-0.1, -0.05) is 24.3 Å². The monoisotopic (exact) mass is 387 g/mol. The van der Waals surface area contributed by atoms with Crippen molar-refractivity contribution in [2.45, 2.75) is 13.8 Å². The number of hydrogen-bond donors (Lipinski definition) is 1. The fourth-order valence-corrected chi connectivity index (χ4v) is 3.68. The van der Waals surface area contributed by atoms with Crippen LogP contribution >= 0.6 is 0 Å². The van der Waals surface area contributed by atoms with E-state index in [0.717, 1.165) is 48.8 Å². The molecule has 0 saturated carbocycles. The SMILES string of the molecule is Cc1cc(C)cc(NC(=O)c2cnc(N3CCN(c4ccccc4)CC3)cn2)c1. The second kappa shape index (κ2) is 8.31. The average Bonchev–Trinajstić information content (AvgIpc) is 2.74. The van der Waals surface area contributed by atoms with E-state index < -0.39 is 0 Å². The molecule has 0 aliphatic carbocycles. The van der Waals surface area contributed by atoms with E-state index in [1.165, 1.54) is 5.69 Å². The quantitative estimate of drug-likeness (QED) is 0.740. The Bertz CT molecular complexity index is 960. The second-order valence-corrected chi connectivity index (χ2v) is 7.40. The number of nitrogens with one attached hydrogen (secondary N) is 1. The highest BCUT2D eigenvalue weighted by molar-refractivity contribution is 6.02. The molecule has 1 saturated heterocycles. The Morgan fingerprint density at radius 3 is 2.14 bits per heavy atom. The maximum Gasteiger partial charge on any atom is 0.275 e. The Morgan fingerprint density at radius 2 is 1.52 bits per heavy atom. The lowest BCUT2D eigenvalue weighted by atomic mass is 10.1. The summed E-state index contributed by atoms with van der Waals surface area (Å²) in [6.07, 6.45) is 3.24. The van der Waals surface area contributed by atoms with E-state index in [-0.39, 0.29) is 5.91 Å². The highest BCUT2D eigenvalue weighted by Gasteiger charge is 2.19. The summed E-state index contributed by atoms with van der Waals surface area (Å²) in [6, 6.07) is 16.4. The van der Waals surface area contributed by atoms with Crippen LogP contribution in [0.15, 0.2) is 60.9 Å². The van der Waals surface area contributed by atoms with E-state index >= 15 is 0 Å². The van der Waals surface area contributed by atoms with Crippen LogP contribution in [-0.2, 0) is 0 Å². The molecular formula is C23H25N5O. The van der Waals surface area contributed by atoms with Gasteiger partial charge in [0.1, 0.15) is 11.5 Å². The zero-order valence-electron chi connectivity index (χ0n) is 16.8. The van der Waals surface area contributed by atoms with Crippen molar-refractivity contribution in [1.82, 2.24) is 9.97 Å². The van der Waals surface area contributed by atoms with Crippen LogP contribution in [0.3, 0.4) is 0 Å². The minimum atomic E-state index is -0.247. The number of nitrogens with zero attached hydrogens (tertiary/aromatic N) is 4. The van der Waals surface area contributed by atoms with Gasteiger partial charge in [0, 0.05) is 37.6 Å². The lowest BCUT2D eigenvalue weighted by Crippen LogP contribution is -2.46. The molecule has 0 unspecified atom stereocenters. The Morgan fingerprint density at radius 1 is 0.862 bits per heavy atom. The number of carbonyl (C=O) groups is 1. The molecule has 2 aromatic carbocycles. The molecule has 148 valence electrons. The van der Waals surface area contributed by atoms with Crippen LogP contribution in [-0.4, -0.2) is 42.1 Å². The zero-order valence-corrected chi connectivity index (χ0v) is 16.8. The summed E-state index contributed by atoms with van der Waals surface area (Å²) in [5, 5.41) is 2.90. The molecule has 2 heterocycles. The largest absolute Gasteiger partial charge is 0.368 e. The van der Waals surface area contributed by atoms with Crippen LogP contribution in [0.1, 0.15) is 21.6 Å². The van der Waals surface area contributed by atoms with Crippen LogP contribution in [0.2, 0.25) is 0 Å². The summed E-state index contributed by atoms with van der Waals surface area (Å²) in [6.45, 7) is 7.63. The van der Waals surface area contributed by atoms with Crippen molar-refractivity contribution in [3.05, 3.63) is 77.7 Å². The predicted molar refractivity (Wildman–Crippen MR) is 117 cm³/mol. The van der Waals surface area contributed by atoms with Crippen molar-refractivity contribution in [3.63, 3.8) is 0 Å². The third-order valence-corrected chi connectivity index (χ3v) is 5.08. The van der Waals surface area contributed by atoms with Crippen molar-refractivity contribution >= 4 is 23.1 Å². The number of carbonyl (C=O) groups excluding carboxylic acids is 1. The van der Waals surface area contributed by atoms with E-state index in [0.29, 0.717) is 5.69 Å². The summed E-state index contributed by atoms with van der Waals surface area (Å²) >= 11 is 0. The van der Waals surface area contributed by atoms with Gasteiger partial charge in [0.25, 0.3) is 5.91 Å². The molecule has 1 N–H and O–H groups in total. The number of aryl methyl sites for hydroxylation is 2. The third-order valence-electron chi connectivity index (χ3n) is 5.08. The van der Waals surface area contributed by atoms with Crippen molar-refractivity contribution in [1.29, 1.82) is 0 Å². The first-order valence-electron chi connectivity index (χ1n) is 9.85. The second-order valence-electron chi connectivity index (χ2n) is 7.40. The average molecular weight is 387 g/mol. The van der Waals surface area contributed by atoms with Gasteiger partial charge in [-0.25, -0.2) is 9.97 Å². The number of aromatic nitrogens is 2. The first-order chi connectivity index (χ1) is 14.1. The van der Waals surface area contributed by atoms with Gasteiger partial charge in [0.2, 0.25) is 0 Å². The molecular weight excluding hydrogens is 362 g/mol. The fourth-order valence-electron chi connectivity index (χ4n) is 3.68. The molecule has 0 radical (unpaired) electrons. The maximum atomic E-state index is 12.5. The van der Waals surface area contributed by atoms with Gasteiger partial charge in [-0.15, -0.1) is 0 Å². The number of benzene rings is 2. The van der Waals surface area contributed by atoms with Crippen LogP contribution in [0.5, 0.6) is 0 Å². The van der Waals surface area contributed by atoms with Crippen LogP contribution in [0.4, 0.5) is 17.2 Å². The van der Waals surface area contributed by atoms with Gasteiger partial charge >= 0.3 is 0 Å². The van der Waals surface area contributed by atoms with Gasteiger partial charge < -0.3 is 15.1 Å². The Labute approximate surface area is 171 Å².